The van der Waals surface area contributed by atoms with Gasteiger partial charge in [-0.05, 0) is 35.0 Å². The van der Waals surface area contributed by atoms with E-state index in [0.717, 1.165) is 15.2 Å². The predicted octanol–water partition coefficient (Wildman–Crippen LogP) is 5.16. The Morgan fingerprint density at radius 1 is 0.857 bits per heavy atom. The standard InChI is InChI=1S/C15H8BrF3N2/c16-10-3-1-9-6-11(4-2-8(9)5-10)20-15-13(18)7-12(17)14(19)21-15/h1-7H,(H,20,21). The summed E-state index contributed by atoms with van der Waals surface area (Å²) in [6, 6.07) is 11.5. The average molecular weight is 353 g/mol. The van der Waals surface area contributed by atoms with E-state index >= 15 is 0 Å². The van der Waals surface area contributed by atoms with Crippen LogP contribution >= 0.6 is 15.9 Å². The third-order valence-corrected chi connectivity index (χ3v) is 3.44. The monoisotopic (exact) mass is 352 g/mol. The van der Waals surface area contributed by atoms with E-state index in [9.17, 15) is 13.2 Å². The first-order chi connectivity index (χ1) is 10.0. The molecule has 2 aromatic carbocycles. The van der Waals surface area contributed by atoms with Gasteiger partial charge in [0.2, 0.25) is 0 Å². The molecule has 0 radical (unpaired) electrons. The first-order valence-corrected chi connectivity index (χ1v) is 6.80. The lowest BCUT2D eigenvalue weighted by Gasteiger charge is -2.08. The Kier molecular flexibility index (Phi) is 3.55. The van der Waals surface area contributed by atoms with Crippen LogP contribution in [-0.4, -0.2) is 4.98 Å². The van der Waals surface area contributed by atoms with Crippen LogP contribution in [0.4, 0.5) is 24.7 Å². The summed E-state index contributed by atoms with van der Waals surface area (Å²) in [4.78, 5) is 3.23. The van der Waals surface area contributed by atoms with Gasteiger partial charge in [-0.3, -0.25) is 0 Å². The summed E-state index contributed by atoms with van der Waals surface area (Å²) in [6.45, 7) is 0. The molecule has 2 nitrogen and oxygen atoms in total. The van der Waals surface area contributed by atoms with E-state index in [0.29, 0.717) is 11.8 Å². The number of aromatic nitrogens is 1. The van der Waals surface area contributed by atoms with Crippen LogP contribution in [0.2, 0.25) is 0 Å². The van der Waals surface area contributed by atoms with Crippen molar-refractivity contribution < 1.29 is 13.2 Å². The van der Waals surface area contributed by atoms with Crippen LogP contribution in [0.15, 0.2) is 46.9 Å². The highest BCUT2D eigenvalue weighted by molar-refractivity contribution is 9.10. The fourth-order valence-corrected chi connectivity index (χ4v) is 2.34. The van der Waals surface area contributed by atoms with Crippen LogP contribution < -0.4 is 5.32 Å². The molecular formula is C15H8BrF3N2. The topological polar surface area (TPSA) is 24.9 Å². The Bertz CT molecular complexity index is 837. The molecule has 106 valence electrons. The van der Waals surface area contributed by atoms with Crippen molar-refractivity contribution in [1.29, 1.82) is 0 Å². The summed E-state index contributed by atoms with van der Waals surface area (Å²) < 4.78 is 40.4. The molecule has 0 bridgehead atoms. The quantitative estimate of drug-likeness (QED) is 0.644. The summed E-state index contributed by atoms with van der Waals surface area (Å²) in [5.41, 5.74) is 0.530. The highest BCUT2D eigenvalue weighted by atomic mass is 79.9. The number of fused-ring (bicyclic) bond motifs is 1. The molecular weight excluding hydrogens is 345 g/mol. The molecule has 0 aliphatic heterocycles. The summed E-state index contributed by atoms with van der Waals surface area (Å²) in [5.74, 6) is -3.97. The first-order valence-electron chi connectivity index (χ1n) is 6.01. The van der Waals surface area contributed by atoms with Crippen LogP contribution in [0, 0.1) is 17.6 Å². The van der Waals surface area contributed by atoms with E-state index in [2.05, 4.69) is 26.2 Å². The third-order valence-electron chi connectivity index (χ3n) is 2.95. The number of benzene rings is 2. The maximum atomic E-state index is 13.5. The molecule has 0 unspecified atom stereocenters. The van der Waals surface area contributed by atoms with E-state index in [1.54, 1.807) is 12.1 Å². The second-order valence-corrected chi connectivity index (χ2v) is 5.34. The fraction of sp³-hybridized carbons (Fsp3) is 0. The van der Waals surface area contributed by atoms with Gasteiger partial charge in [-0.2, -0.15) is 9.37 Å². The van der Waals surface area contributed by atoms with Gasteiger partial charge in [0.25, 0.3) is 5.95 Å². The lowest BCUT2D eigenvalue weighted by Crippen LogP contribution is -2.01. The molecule has 0 atom stereocenters. The SMILES string of the molecule is Fc1cc(F)c(Nc2ccc3cc(Br)ccc3c2)nc1F. The van der Waals surface area contributed by atoms with Gasteiger partial charge < -0.3 is 5.32 Å². The Hall–Kier alpha value is -2.08. The number of halogens is 4. The molecule has 3 rings (SSSR count). The number of pyridine rings is 1. The van der Waals surface area contributed by atoms with Crippen molar-refractivity contribution in [3.63, 3.8) is 0 Å². The lowest BCUT2D eigenvalue weighted by atomic mass is 10.1. The maximum absolute atomic E-state index is 13.5. The molecule has 0 aliphatic rings. The van der Waals surface area contributed by atoms with Crippen molar-refractivity contribution in [1.82, 2.24) is 4.98 Å². The van der Waals surface area contributed by atoms with E-state index < -0.39 is 17.6 Å². The van der Waals surface area contributed by atoms with Gasteiger partial charge in [-0.25, -0.2) is 8.78 Å². The van der Waals surface area contributed by atoms with Crippen molar-refractivity contribution in [2.45, 2.75) is 0 Å². The van der Waals surface area contributed by atoms with Gasteiger partial charge in [0.15, 0.2) is 17.5 Å². The summed E-state index contributed by atoms with van der Waals surface area (Å²) in [7, 11) is 0. The van der Waals surface area contributed by atoms with Gasteiger partial charge in [-0.15, -0.1) is 0 Å². The molecule has 0 spiro atoms. The van der Waals surface area contributed by atoms with E-state index in [4.69, 9.17) is 0 Å². The second kappa shape index (κ2) is 5.37. The molecule has 1 aromatic heterocycles. The number of nitrogens with one attached hydrogen (secondary N) is 1. The first kappa shape index (κ1) is 13.9. The Morgan fingerprint density at radius 3 is 2.38 bits per heavy atom. The zero-order chi connectivity index (χ0) is 15.0. The Morgan fingerprint density at radius 2 is 1.57 bits per heavy atom. The number of hydrogen-bond acceptors (Lipinski definition) is 2. The molecule has 0 aliphatic carbocycles. The maximum Gasteiger partial charge on any atom is 0.251 e. The van der Waals surface area contributed by atoms with Crippen molar-refractivity contribution in [2.24, 2.45) is 0 Å². The van der Waals surface area contributed by atoms with Crippen LogP contribution in [0.25, 0.3) is 10.8 Å². The molecule has 1 N–H and O–H groups in total. The minimum Gasteiger partial charge on any atom is -0.338 e. The van der Waals surface area contributed by atoms with Crippen LogP contribution in [0.1, 0.15) is 0 Å². The Labute approximate surface area is 126 Å². The highest BCUT2D eigenvalue weighted by Crippen LogP contribution is 2.25. The van der Waals surface area contributed by atoms with Crippen LogP contribution in [0.5, 0.6) is 0 Å². The molecule has 3 aromatic rings. The molecule has 0 saturated carbocycles. The zero-order valence-electron chi connectivity index (χ0n) is 10.5. The zero-order valence-corrected chi connectivity index (χ0v) is 12.1. The van der Waals surface area contributed by atoms with Crippen LogP contribution in [0.3, 0.4) is 0 Å². The third kappa shape index (κ3) is 2.85. The Balaban J connectivity index is 1.98. The molecule has 21 heavy (non-hydrogen) atoms. The van der Waals surface area contributed by atoms with Gasteiger partial charge >= 0.3 is 0 Å². The molecule has 0 fully saturated rings. The number of hydrogen-bond donors (Lipinski definition) is 1. The summed E-state index contributed by atoms with van der Waals surface area (Å²) in [5, 5.41) is 4.56. The minimum atomic E-state index is -1.34. The predicted molar refractivity (Wildman–Crippen MR) is 79.0 cm³/mol. The van der Waals surface area contributed by atoms with E-state index in [1.165, 1.54) is 0 Å². The largest absolute Gasteiger partial charge is 0.338 e. The van der Waals surface area contributed by atoms with Gasteiger partial charge in [0, 0.05) is 16.2 Å². The smallest absolute Gasteiger partial charge is 0.251 e. The van der Waals surface area contributed by atoms with E-state index in [1.807, 2.05) is 24.3 Å². The van der Waals surface area contributed by atoms with Crippen molar-refractivity contribution >= 4 is 38.2 Å². The summed E-state index contributed by atoms with van der Waals surface area (Å²) in [6.07, 6.45) is 0. The second-order valence-electron chi connectivity index (χ2n) is 4.42. The van der Waals surface area contributed by atoms with Crippen molar-refractivity contribution in [3.05, 3.63) is 64.5 Å². The van der Waals surface area contributed by atoms with Crippen molar-refractivity contribution in [3.8, 4) is 0 Å². The molecule has 0 amide bonds. The van der Waals surface area contributed by atoms with E-state index in [-0.39, 0.29) is 5.82 Å². The average Bonchev–Trinajstić information content (AvgIpc) is 2.45. The van der Waals surface area contributed by atoms with Gasteiger partial charge in [0.1, 0.15) is 0 Å². The molecule has 6 heteroatoms. The number of anilines is 2. The lowest BCUT2D eigenvalue weighted by molar-refractivity contribution is 0.467. The highest BCUT2D eigenvalue weighted by Gasteiger charge is 2.11. The number of nitrogens with zero attached hydrogens (tertiary/aromatic N) is 1. The fourth-order valence-electron chi connectivity index (χ4n) is 1.96. The van der Waals surface area contributed by atoms with Crippen molar-refractivity contribution in [2.75, 3.05) is 5.32 Å². The van der Waals surface area contributed by atoms with Gasteiger partial charge in [-0.1, -0.05) is 28.1 Å². The summed E-state index contributed by atoms with van der Waals surface area (Å²) >= 11 is 3.38. The molecule has 0 saturated heterocycles. The van der Waals surface area contributed by atoms with Gasteiger partial charge in [0.05, 0.1) is 0 Å². The van der Waals surface area contributed by atoms with Crippen LogP contribution in [-0.2, 0) is 0 Å². The number of rotatable bonds is 2. The molecule has 1 heterocycles. The minimum absolute atomic E-state index is 0.356. The normalized spacial score (nSPS) is 10.9.